The summed E-state index contributed by atoms with van der Waals surface area (Å²) in [6.07, 6.45) is 3.77. The summed E-state index contributed by atoms with van der Waals surface area (Å²) in [5.74, 6) is -0.679. The largest absolute Gasteiger partial charge is 0.510 e. The predicted octanol–water partition coefficient (Wildman–Crippen LogP) is 2.23. The lowest BCUT2D eigenvalue weighted by molar-refractivity contribution is -0.118. The fraction of sp³-hybridized carbons (Fsp3) is 0.385. The number of hydrogen-bond donors (Lipinski definition) is 2. The van der Waals surface area contributed by atoms with Crippen LogP contribution in [-0.4, -0.2) is 20.9 Å². The Morgan fingerprint density at radius 1 is 1.61 bits per heavy atom. The van der Waals surface area contributed by atoms with Gasteiger partial charge in [-0.25, -0.2) is 0 Å². The van der Waals surface area contributed by atoms with Crippen LogP contribution < -0.4 is 5.73 Å². The van der Waals surface area contributed by atoms with Crippen LogP contribution in [0.25, 0.3) is 0 Å². The van der Waals surface area contributed by atoms with Crippen LogP contribution in [-0.2, 0) is 9.59 Å². The number of amides is 1. The summed E-state index contributed by atoms with van der Waals surface area (Å²) in [7, 11) is 0. The minimum Gasteiger partial charge on any atom is -0.510 e. The molecule has 1 aliphatic heterocycles. The number of nitrogens with two attached hydrogens (primary N) is 1. The third kappa shape index (κ3) is 2.67. The highest BCUT2D eigenvalue weighted by Gasteiger charge is 2.44. The summed E-state index contributed by atoms with van der Waals surface area (Å²) in [6.45, 7) is 7.36. The number of hydrogen-bond acceptors (Lipinski definition) is 4. The van der Waals surface area contributed by atoms with Gasteiger partial charge in [-0.1, -0.05) is 43.0 Å². The highest BCUT2D eigenvalue weighted by Crippen LogP contribution is 2.47. The molecule has 18 heavy (non-hydrogen) atoms. The zero-order valence-corrected chi connectivity index (χ0v) is 11.3. The molecule has 0 spiro atoms. The molecule has 1 atom stereocenters. The van der Waals surface area contributed by atoms with E-state index in [2.05, 4.69) is 6.58 Å². The van der Waals surface area contributed by atoms with Gasteiger partial charge in [-0.3, -0.25) is 9.59 Å². The van der Waals surface area contributed by atoms with Gasteiger partial charge >= 0.3 is 0 Å². The predicted molar refractivity (Wildman–Crippen MR) is 73.0 cm³/mol. The Hall–Kier alpha value is -1.49. The zero-order chi connectivity index (χ0) is 13.9. The number of aliphatic hydroxyl groups is 1. The molecule has 0 fully saturated rings. The molecule has 0 saturated heterocycles. The van der Waals surface area contributed by atoms with E-state index in [0.29, 0.717) is 6.42 Å². The molecule has 1 amide bonds. The van der Waals surface area contributed by atoms with Crippen LogP contribution in [0.2, 0.25) is 0 Å². The smallest absolute Gasteiger partial charge is 0.222 e. The zero-order valence-electron chi connectivity index (χ0n) is 10.5. The van der Waals surface area contributed by atoms with Gasteiger partial charge < -0.3 is 10.8 Å². The van der Waals surface area contributed by atoms with Gasteiger partial charge in [0.2, 0.25) is 11.0 Å². The first-order chi connectivity index (χ1) is 8.36. The summed E-state index contributed by atoms with van der Waals surface area (Å²) >= 11 is 1.02. The van der Waals surface area contributed by atoms with E-state index >= 15 is 0 Å². The third-order valence-corrected chi connectivity index (χ3v) is 4.26. The van der Waals surface area contributed by atoms with Crippen LogP contribution in [0.4, 0.5) is 0 Å². The molecule has 0 aromatic carbocycles. The number of thioether (sulfide) groups is 1. The van der Waals surface area contributed by atoms with Crippen molar-refractivity contribution in [1.29, 1.82) is 0 Å². The van der Waals surface area contributed by atoms with Gasteiger partial charge in [0.1, 0.15) is 5.76 Å². The minimum absolute atomic E-state index is 0.0556. The number of carbonyl (C=O) groups is 2. The first-order valence-electron chi connectivity index (χ1n) is 5.62. The van der Waals surface area contributed by atoms with Gasteiger partial charge in [-0.2, -0.15) is 0 Å². The molecular weight excluding hydrogens is 250 g/mol. The topological polar surface area (TPSA) is 80.4 Å². The molecule has 0 radical (unpaired) electrons. The summed E-state index contributed by atoms with van der Waals surface area (Å²) in [6, 6.07) is 0. The number of primary amides is 1. The van der Waals surface area contributed by atoms with E-state index in [-0.39, 0.29) is 22.9 Å². The number of aliphatic hydroxyl groups excluding tert-OH is 1. The molecule has 5 heteroatoms. The van der Waals surface area contributed by atoms with Gasteiger partial charge in [0, 0.05) is 0 Å². The number of rotatable bonds is 5. The first-order valence-corrected chi connectivity index (χ1v) is 6.44. The fourth-order valence-corrected chi connectivity index (χ4v) is 3.06. The maximum absolute atomic E-state index is 11.8. The van der Waals surface area contributed by atoms with Crippen LogP contribution in [0, 0.1) is 0 Å². The van der Waals surface area contributed by atoms with Gasteiger partial charge in [0.15, 0.2) is 0 Å². The standard InChI is InChI=1S/C13H17NO3S/c1-4-8(3)7-13(5-2)11(16)9(6-10(14)15)12(17)18-13/h4,7,16H,1,5-6H2,2-3H3,(H2,14,15)/b8-7+/t13-/m1/s1. The van der Waals surface area contributed by atoms with Crippen LogP contribution >= 0.6 is 11.8 Å². The van der Waals surface area contributed by atoms with E-state index in [1.807, 2.05) is 13.8 Å². The lowest BCUT2D eigenvalue weighted by Crippen LogP contribution is -2.22. The fourth-order valence-electron chi connectivity index (χ4n) is 1.82. The lowest BCUT2D eigenvalue weighted by atomic mass is 9.96. The molecule has 3 N–H and O–H groups in total. The summed E-state index contributed by atoms with van der Waals surface area (Å²) in [4.78, 5) is 22.8. The SMILES string of the molecule is C=C/C(C)=C/[C@@]1(CC)SC(=O)C(CC(N)=O)=C1O. The summed E-state index contributed by atoms with van der Waals surface area (Å²) in [5, 5.41) is 9.92. The van der Waals surface area contributed by atoms with Crippen molar-refractivity contribution < 1.29 is 14.7 Å². The number of allylic oxidation sites excluding steroid dienone is 2. The molecular formula is C13H17NO3S. The Balaban J connectivity index is 3.25. The van der Waals surface area contributed by atoms with E-state index in [1.165, 1.54) is 0 Å². The van der Waals surface area contributed by atoms with Crippen molar-refractivity contribution in [2.45, 2.75) is 31.4 Å². The Labute approximate surface area is 111 Å². The van der Waals surface area contributed by atoms with Gasteiger partial charge in [-0.05, 0) is 13.3 Å². The molecule has 0 bridgehead atoms. The molecule has 1 rings (SSSR count). The normalized spacial score (nSPS) is 24.6. The van der Waals surface area contributed by atoms with Crippen LogP contribution in [0.1, 0.15) is 26.7 Å². The Morgan fingerprint density at radius 2 is 2.22 bits per heavy atom. The van der Waals surface area contributed by atoms with Gasteiger partial charge in [0.25, 0.3) is 0 Å². The molecule has 0 unspecified atom stereocenters. The molecule has 0 aromatic heterocycles. The van der Waals surface area contributed by atoms with E-state index < -0.39 is 10.7 Å². The Morgan fingerprint density at radius 3 is 2.67 bits per heavy atom. The highest BCUT2D eigenvalue weighted by atomic mass is 32.2. The molecule has 0 saturated carbocycles. The average Bonchev–Trinajstić information content (AvgIpc) is 2.53. The second-order valence-corrected chi connectivity index (χ2v) is 5.50. The quantitative estimate of drug-likeness (QED) is 0.748. The first kappa shape index (κ1) is 14.6. The van der Waals surface area contributed by atoms with Crippen molar-refractivity contribution >= 4 is 22.8 Å². The summed E-state index contributed by atoms with van der Waals surface area (Å²) in [5.41, 5.74) is 6.06. The van der Waals surface area contributed by atoms with Crippen molar-refractivity contribution in [2.24, 2.45) is 5.73 Å². The van der Waals surface area contributed by atoms with E-state index in [9.17, 15) is 14.7 Å². The second-order valence-electron chi connectivity index (χ2n) is 4.20. The second kappa shape index (κ2) is 5.44. The van der Waals surface area contributed by atoms with Crippen molar-refractivity contribution in [3.05, 3.63) is 35.6 Å². The lowest BCUT2D eigenvalue weighted by Gasteiger charge is -2.22. The average molecular weight is 267 g/mol. The number of carbonyl (C=O) groups excluding carboxylic acids is 2. The van der Waals surface area contributed by atoms with Crippen molar-refractivity contribution in [1.82, 2.24) is 0 Å². The van der Waals surface area contributed by atoms with Crippen LogP contribution in [0.5, 0.6) is 0 Å². The Bertz CT molecular complexity index is 465. The van der Waals surface area contributed by atoms with E-state index in [4.69, 9.17) is 5.73 Å². The van der Waals surface area contributed by atoms with Gasteiger partial charge in [-0.15, -0.1) is 0 Å². The van der Waals surface area contributed by atoms with Crippen LogP contribution in [0.15, 0.2) is 35.6 Å². The maximum atomic E-state index is 11.8. The third-order valence-electron chi connectivity index (χ3n) is 2.87. The molecule has 0 aliphatic carbocycles. The monoisotopic (exact) mass is 267 g/mol. The van der Waals surface area contributed by atoms with Crippen molar-refractivity contribution in [3.63, 3.8) is 0 Å². The van der Waals surface area contributed by atoms with E-state index in [0.717, 1.165) is 17.3 Å². The molecule has 98 valence electrons. The van der Waals surface area contributed by atoms with Crippen molar-refractivity contribution in [3.8, 4) is 0 Å². The van der Waals surface area contributed by atoms with E-state index in [1.54, 1.807) is 12.2 Å². The minimum atomic E-state index is -0.792. The molecule has 1 heterocycles. The Kier molecular flexibility index (Phi) is 4.40. The molecule has 4 nitrogen and oxygen atoms in total. The van der Waals surface area contributed by atoms with Crippen molar-refractivity contribution in [2.75, 3.05) is 0 Å². The summed E-state index contributed by atoms with van der Waals surface area (Å²) < 4.78 is -0.792. The molecule has 1 aliphatic rings. The molecule has 0 aromatic rings. The van der Waals surface area contributed by atoms with Crippen LogP contribution in [0.3, 0.4) is 0 Å². The van der Waals surface area contributed by atoms with Gasteiger partial charge in [0.05, 0.1) is 16.7 Å². The highest BCUT2D eigenvalue weighted by molar-refractivity contribution is 8.16. The maximum Gasteiger partial charge on any atom is 0.222 e.